The molecule has 0 N–H and O–H groups in total. The predicted molar refractivity (Wildman–Crippen MR) is 61.2 cm³/mol. The van der Waals surface area contributed by atoms with E-state index in [-0.39, 0.29) is 18.0 Å². The number of hydrogen-bond donors (Lipinski definition) is 0. The molecule has 18 heavy (non-hydrogen) atoms. The van der Waals surface area contributed by atoms with Crippen molar-refractivity contribution in [2.45, 2.75) is 6.92 Å². The maximum Gasteiger partial charge on any atom is 0.360 e. The molecule has 0 amide bonds. The van der Waals surface area contributed by atoms with Gasteiger partial charge in [-0.1, -0.05) is 6.07 Å². The highest BCUT2D eigenvalue weighted by atomic mass is 19.1. The molecular formula is C12H10FN3O2. The van der Waals surface area contributed by atoms with Gasteiger partial charge in [-0.3, -0.25) is 4.98 Å². The Balaban J connectivity index is 2.46. The van der Waals surface area contributed by atoms with Gasteiger partial charge in [0.15, 0.2) is 11.5 Å². The average molecular weight is 247 g/mol. The summed E-state index contributed by atoms with van der Waals surface area (Å²) >= 11 is 0. The van der Waals surface area contributed by atoms with Crippen LogP contribution in [0.15, 0.2) is 30.7 Å². The maximum atomic E-state index is 14.1. The Morgan fingerprint density at radius 3 is 2.83 bits per heavy atom. The lowest BCUT2D eigenvalue weighted by Crippen LogP contribution is -2.11. The summed E-state index contributed by atoms with van der Waals surface area (Å²) in [4.78, 5) is 22.8. The monoisotopic (exact) mass is 247 g/mol. The van der Waals surface area contributed by atoms with Crippen LogP contribution in [-0.4, -0.2) is 27.5 Å². The number of esters is 1. The number of halogens is 1. The van der Waals surface area contributed by atoms with Crippen molar-refractivity contribution in [3.05, 3.63) is 42.2 Å². The van der Waals surface area contributed by atoms with Crippen LogP contribution in [0.1, 0.15) is 17.4 Å². The standard InChI is InChI=1S/C12H10FN3O2/c1-2-18-12(17)11-9(13)10(15-7-16-11)8-5-3-4-6-14-8/h3-7H,2H2,1H3. The van der Waals surface area contributed by atoms with Crippen molar-refractivity contribution >= 4 is 5.97 Å². The van der Waals surface area contributed by atoms with Crippen molar-refractivity contribution in [1.82, 2.24) is 15.0 Å². The molecule has 0 aliphatic heterocycles. The van der Waals surface area contributed by atoms with E-state index in [2.05, 4.69) is 15.0 Å². The van der Waals surface area contributed by atoms with E-state index >= 15 is 0 Å². The Labute approximate surface area is 103 Å². The van der Waals surface area contributed by atoms with E-state index in [4.69, 9.17) is 4.74 Å². The second kappa shape index (κ2) is 5.31. The van der Waals surface area contributed by atoms with Crippen LogP contribution in [0.25, 0.3) is 11.4 Å². The lowest BCUT2D eigenvalue weighted by molar-refractivity contribution is 0.0513. The lowest BCUT2D eigenvalue weighted by Gasteiger charge is -2.05. The average Bonchev–Trinajstić information content (AvgIpc) is 2.40. The number of aromatic nitrogens is 3. The Morgan fingerprint density at radius 2 is 2.17 bits per heavy atom. The third-order valence-corrected chi connectivity index (χ3v) is 2.17. The van der Waals surface area contributed by atoms with E-state index in [0.29, 0.717) is 5.69 Å². The third-order valence-electron chi connectivity index (χ3n) is 2.17. The highest BCUT2D eigenvalue weighted by Gasteiger charge is 2.20. The molecule has 0 unspecified atom stereocenters. The van der Waals surface area contributed by atoms with Gasteiger partial charge in [-0.05, 0) is 19.1 Å². The third kappa shape index (κ3) is 2.32. The zero-order valence-electron chi connectivity index (χ0n) is 9.63. The summed E-state index contributed by atoms with van der Waals surface area (Å²) in [6, 6.07) is 5.00. The summed E-state index contributed by atoms with van der Waals surface area (Å²) in [5, 5.41) is 0. The number of ether oxygens (including phenoxy) is 1. The van der Waals surface area contributed by atoms with Gasteiger partial charge in [0, 0.05) is 6.20 Å². The van der Waals surface area contributed by atoms with E-state index in [0.717, 1.165) is 6.33 Å². The molecule has 6 heteroatoms. The fourth-order valence-electron chi connectivity index (χ4n) is 1.39. The molecule has 0 bridgehead atoms. The number of pyridine rings is 1. The molecule has 0 atom stereocenters. The van der Waals surface area contributed by atoms with Crippen molar-refractivity contribution in [1.29, 1.82) is 0 Å². The smallest absolute Gasteiger partial charge is 0.360 e. The van der Waals surface area contributed by atoms with E-state index in [1.54, 1.807) is 25.1 Å². The number of hydrogen-bond acceptors (Lipinski definition) is 5. The molecule has 0 aliphatic carbocycles. The summed E-state index contributed by atoms with van der Waals surface area (Å²) in [5.41, 5.74) is -0.0656. The van der Waals surface area contributed by atoms with Gasteiger partial charge in [0.2, 0.25) is 0 Å². The van der Waals surface area contributed by atoms with E-state index < -0.39 is 11.8 Å². The zero-order valence-corrected chi connectivity index (χ0v) is 9.63. The summed E-state index contributed by atoms with van der Waals surface area (Å²) in [6.07, 6.45) is 2.63. The molecule has 2 rings (SSSR count). The lowest BCUT2D eigenvalue weighted by atomic mass is 10.2. The number of nitrogens with zero attached hydrogens (tertiary/aromatic N) is 3. The number of carbonyl (C=O) groups excluding carboxylic acids is 1. The molecular weight excluding hydrogens is 237 g/mol. The molecule has 2 heterocycles. The van der Waals surface area contributed by atoms with Crippen LogP contribution in [0.4, 0.5) is 4.39 Å². The van der Waals surface area contributed by atoms with Gasteiger partial charge in [-0.25, -0.2) is 19.2 Å². The molecule has 0 aliphatic rings. The Morgan fingerprint density at radius 1 is 1.33 bits per heavy atom. The Kier molecular flexibility index (Phi) is 3.57. The molecule has 2 aromatic rings. The fraction of sp³-hybridized carbons (Fsp3) is 0.167. The molecule has 0 fully saturated rings. The van der Waals surface area contributed by atoms with Crippen LogP contribution in [-0.2, 0) is 4.74 Å². The summed E-state index contributed by atoms with van der Waals surface area (Å²) < 4.78 is 18.8. The van der Waals surface area contributed by atoms with Gasteiger partial charge in [0.05, 0.1) is 12.3 Å². The molecule has 0 radical (unpaired) electrons. The topological polar surface area (TPSA) is 65.0 Å². The van der Waals surface area contributed by atoms with Crippen molar-refractivity contribution in [3.8, 4) is 11.4 Å². The van der Waals surface area contributed by atoms with Gasteiger partial charge in [0.1, 0.15) is 12.0 Å². The Bertz CT molecular complexity index is 561. The first-order chi connectivity index (χ1) is 8.74. The quantitative estimate of drug-likeness (QED) is 0.774. The molecule has 0 saturated carbocycles. The van der Waals surface area contributed by atoms with Gasteiger partial charge in [-0.15, -0.1) is 0 Å². The van der Waals surface area contributed by atoms with E-state index in [1.807, 2.05) is 0 Å². The highest BCUT2D eigenvalue weighted by Crippen LogP contribution is 2.19. The van der Waals surface area contributed by atoms with Crippen LogP contribution in [0.2, 0.25) is 0 Å². The molecule has 92 valence electrons. The highest BCUT2D eigenvalue weighted by molar-refractivity contribution is 5.88. The zero-order chi connectivity index (χ0) is 13.0. The molecule has 0 spiro atoms. The minimum atomic E-state index is -0.824. The summed E-state index contributed by atoms with van der Waals surface area (Å²) in [5.74, 6) is -1.63. The Hall–Kier alpha value is -2.37. The predicted octanol–water partition coefficient (Wildman–Crippen LogP) is 1.85. The number of carbonyl (C=O) groups is 1. The minimum absolute atomic E-state index is 0.0198. The van der Waals surface area contributed by atoms with Crippen molar-refractivity contribution < 1.29 is 13.9 Å². The van der Waals surface area contributed by atoms with Crippen LogP contribution >= 0.6 is 0 Å². The van der Waals surface area contributed by atoms with Crippen LogP contribution < -0.4 is 0 Å². The van der Waals surface area contributed by atoms with Crippen LogP contribution in [0.5, 0.6) is 0 Å². The fourth-order valence-corrected chi connectivity index (χ4v) is 1.39. The van der Waals surface area contributed by atoms with E-state index in [9.17, 15) is 9.18 Å². The summed E-state index contributed by atoms with van der Waals surface area (Å²) in [6.45, 7) is 1.79. The minimum Gasteiger partial charge on any atom is -0.461 e. The van der Waals surface area contributed by atoms with Crippen molar-refractivity contribution in [2.24, 2.45) is 0 Å². The normalized spacial score (nSPS) is 10.1. The van der Waals surface area contributed by atoms with Crippen molar-refractivity contribution in [2.75, 3.05) is 6.61 Å². The van der Waals surface area contributed by atoms with Crippen LogP contribution in [0, 0.1) is 5.82 Å². The maximum absolute atomic E-state index is 14.1. The second-order valence-corrected chi connectivity index (χ2v) is 3.32. The van der Waals surface area contributed by atoms with E-state index in [1.165, 1.54) is 6.20 Å². The second-order valence-electron chi connectivity index (χ2n) is 3.32. The molecule has 0 saturated heterocycles. The van der Waals surface area contributed by atoms with Gasteiger partial charge in [0.25, 0.3) is 0 Å². The summed E-state index contributed by atoms with van der Waals surface area (Å²) in [7, 11) is 0. The molecule has 5 nitrogen and oxygen atoms in total. The van der Waals surface area contributed by atoms with Gasteiger partial charge in [-0.2, -0.15) is 0 Å². The molecule has 0 aromatic carbocycles. The first-order valence-corrected chi connectivity index (χ1v) is 5.33. The van der Waals surface area contributed by atoms with Gasteiger partial charge >= 0.3 is 5.97 Å². The van der Waals surface area contributed by atoms with Crippen LogP contribution in [0.3, 0.4) is 0 Å². The van der Waals surface area contributed by atoms with Crippen molar-refractivity contribution in [3.63, 3.8) is 0 Å². The first kappa shape index (κ1) is 12.1. The molecule has 2 aromatic heterocycles. The SMILES string of the molecule is CCOC(=O)c1ncnc(-c2ccccn2)c1F. The number of rotatable bonds is 3. The first-order valence-electron chi connectivity index (χ1n) is 5.33. The largest absolute Gasteiger partial charge is 0.461 e. The van der Waals surface area contributed by atoms with Gasteiger partial charge < -0.3 is 4.74 Å².